The first kappa shape index (κ1) is 19.9. The number of rotatable bonds is 5. The van der Waals surface area contributed by atoms with Crippen LogP contribution in [0, 0.1) is 0 Å². The lowest BCUT2D eigenvalue weighted by Gasteiger charge is -2.29. The molecule has 1 N–H and O–H groups in total. The molecule has 0 aliphatic carbocycles. The summed E-state index contributed by atoms with van der Waals surface area (Å²) < 4.78 is 14.0. The Bertz CT molecular complexity index is 794. The molecular formula is C19H22Cl2N4O2. The van der Waals surface area contributed by atoms with Crippen LogP contribution in [-0.2, 0) is 21.8 Å². The van der Waals surface area contributed by atoms with E-state index in [1.54, 1.807) is 23.1 Å². The minimum absolute atomic E-state index is 0.0419. The van der Waals surface area contributed by atoms with Gasteiger partial charge in [0, 0.05) is 23.0 Å². The topological polar surface area (TPSA) is 65.0 Å². The fraction of sp³-hybridized carbons (Fsp3) is 0.368. The van der Waals surface area contributed by atoms with E-state index in [1.165, 1.54) is 6.33 Å². The van der Waals surface area contributed by atoms with E-state index in [-0.39, 0.29) is 6.10 Å². The highest BCUT2D eigenvalue weighted by atomic mass is 35.5. The van der Waals surface area contributed by atoms with Crippen molar-refractivity contribution in [1.29, 1.82) is 0 Å². The van der Waals surface area contributed by atoms with Crippen LogP contribution in [-0.4, -0.2) is 32.5 Å². The van der Waals surface area contributed by atoms with Gasteiger partial charge in [-0.1, -0.05) is 42.6 Å². The minimum atomic E-state index is -0.963. The highest BCUT2D eigenvalue weighted by Crippen LogP contribution is 2.41. The highest BCUT2D eigenvalue weighted by Gasteiger charge is 2.45. The van der Waals surface area contributed by atoms with Crippen LogP contribution >= 0.6 is 23.2 Å². The standard InChI is InChI=1S/C15H17Cl2N3O2.C4H5N/c1-2-3-12-7-21-15(22-12,8-20-10-18-9-19-20)13-5-4-11(16)6-14(13)17;1-2-4-5-3-1/h4-6,9-10,12H,2-3,7-8H2,1H3;1-5H. The summed E-state index contributed by atoms with van der Waals surface area (Å²) in [4.78, 5) is 6.83. The average Bonchev–Trinajstić information content (AvgIpc) is 3.39. The number of H-pyrrole nitrogens is 1. The van der Waals surface area contributed by atoms with Gasteiger partial charge in [0.25, 0.3) is 0 Å². The molecule has 1 aliphatic heterocycles. The molecule has 8 heteroatoms. The minimum Gasteiger partial charge on any atom is -0.368 e. The van der Waals surface area contributed by atoms with Crippen LogP contribution in [0.25, 0.3) is 0 Å². The number of benzene rings is 1. The molecule has 1 saturated heterocycles. The molecule has 6 nitrogen and oxygen atoms in total. The summed E-state index contributed by atoms with van der Waals surface area (Å²) >= 11 is 12.4. The second-order valence-electron chi connectivity index (χ2n) is 6.19. The second-order valence-corrected chi connectivity index (χ2v) is 7.04. The molecule has 0 radical (unpaired) electrons. The molecule has 1 aliphatic rings. The smallest absolute Gasteiger partial charge is 0.217 e. The zero-order chi connectivity index (χ0) is 19.1. The van der Waals surface area contributed by atoms with Gasteiger partial charge in [0.2, 0.25) is 5.79 Å². The molecule has 0 saturated carbocycles. The van der Waals surface area contributed by atoms with E-state index in [0.717, 1.165) is 18.4 Å². The molecule has 27 heavy (non-hydrogen) atoms. The van der Waals surface area contributed by atoms with E-state index >= 15 is 0 Å². The third-order valence-electron chi connectivity index (χ3n) is 4.14. The fourth-order valence-electron chi connectivity index (χ4n) is 2.94. The van der Waals surface area contributed by atoms with Gasteiger partial charge < -0.3 is 14.5 Å². The van der Waals surface area contributed by atoms with Gasteiger partial charge >= 0.3 is 0 Å². The number of hydrogen-bond acceptors (Lipinski definition) is 4. The summed E-state index contributed by atoms with van der Waals surface area (Å²) in [6, 6.07) is 9.21. The Morgan fingerprint density at radius 1 is 1.30 bits per heavy atom. The molecule has 0 amide bonds. The summed E-state index contributed by atoms with van der Waals surface area (Å²) in [7, 11) is 0. The van der Waals surface area contributed by atoms with Gasteiger partial charge in [-0.05, 0) is 30.7 Å². The third kappa shape index (κ3) is 5.11. The first-order valence-electron chi connectivity index (χ1n) is 8.80. The normalized spacial score (nSPS) is 21.7. The lowest BCUT2D eigenvalue weighted by molar-refractivity contribution is -0.189. The second kappa shape index (κ2) is 9.37. The van der Waals surface area contributed by atoms with Gasteiger partial charge in [-0.15, -0.1) is 0 Å². The van der Waals surface area contributed by atoms with Gasteiger partial charge in [-0.2, -0.15) is 5.10 Å². The summed E-state index contributed by atoms with van der Waals surface area (Å²) in [6.45, 7) is 3.03. The van der Waals surface area contributed by atoms with Crippen LogP contribution < -0.4 is 0 Å². The Kier molecular flexibility index (Phi) is 6.90. The number of nitrogens with one attached hydrogen (secondary N) is 1. The molecule has 2 aromatic heterocycles. The zero-order valence-electron chi connectivity index (χ0n) is 15.0. The van der Waals surface area contributed by atoms with Crippen molar-refractivity contribution in [3.63, 3.8) is 0 Å². The first-order chi connectivity index (χ1) is 13.1. The van der Waals surface area contributed by atoms with Crippen molar-refractivity contribution >= 4 is 23.2 Å². The molecule has 3 heterocycles. The van der Waals surface area contributed by atoms with Gasteiger partial charge in [-0.25, -0.2) is 9.67 Å². The molecule has 144 valence electrons. The van der Waals surface area contributed by atoms with Crippen LogP contribution in [0.15, 0.2) is 55.4 Å². The van der Waals surface area contributed by atoms with E-state index in [0.29, 0.717) is 23.2 Å². The van der Waals surface area contributed by atoms with E-state index in [4.69, 9.17) is 32.7 Å². The summed E-state index contributed by atoms with van der Waals surface area (Å²) in [6.07, 6.45) is 8.87. The summed E-state index contributed by atoms with van der Waals surface area (Å²) in [5.41, 5.74) is 0.757. The van der Waals surface area contributed by atoms with Crippen molar-refractivity contribution in [1.82, 2.24) is 19.7 Å². The lowest BCUT2D eigenvalue weighted by atomic mass is 10.1. The van der Waals surface area contributed by atoms with Crippen LogP contribution in [0.4, 0.5) is 0 Å². The van der Waals surface area contributed by atoms with Gasteiger partial charge in [0.1, 0.15) is 19.2 Å². The lowest BCUT2D eigenvalue weighted by Crippen LogP contribution is -2.34. The predicted molar refractivity (Wildman–Crippen MR) is 105 cm³/mol. The summed E-state index contributed by atoms with van der Waals surface area (Å²) in [5.74, 6) is -0.963. The SMILES string of the molecule is CCCC1COC(Cn2cncn2)(c2ccc(Cl)cc2Cl)O1.c1cc[nH]c1. The molecule has 4 rings (SSSR count). The largest absolute Gasteiger partial charge is 0.368 e. The van der Waals surface area contributed by atoms with Crippen LogP contribution in [0.1, 0.15) is 25.3 Å². The maximum atomic E-state index is 6.37. The number of nitrogens with zero attached hydrogens (tertiary/aromatic N) is 3. The third-order valence-corrected chi connectivity index (χ3v) is 4.69. The Balaban J connectivity index is 0.000000364. The Morgan fingerprint density at radius 2 is 2.11 bits per heavy atom. The van der Waals surface area contributed by atoms with Crippen molar-refractivity contribution < 1.29 is 9.47 Å². The fourth-order valence-corrected chi connectivity index (χ4v) is 3.49. The van der Waals surface area contributed by atoms with E-state index in [2.05, 4.69) is 22.0 Å². The van der Waals surface area contributed by atoms with Gasteiger partial charge in [0.15, 0.2) is 0 Å². The monoisotopic (exact) mass is 408 g/mol. The van der Waals surface area contributed by atoms with Crippen LogP contribution in [0.2, 0.25) is 10.0 Å². The van der Waals surface area contributed by atoms with Crippen molar-refractivity contribution in [2.24, 2.45) is 0 Å². The summed E-state index contributed by atoms with van der Waals surface area (Å²) in [5, 5.41) is 5.24. The van der Waals surface area contributed by atoms with Crippen LogP contribution in [0.5, 0.6) is 0 Å². The highest BCUT2D eigenvalue weighted by molar-refractivity contribution is 6.35. The quantitative estimate of drug-likeness (QED) is 0.665. The number of ether oxygens (including phenoxy) is 2. The van der Waals surface area contributed by atoms with Gasteiger partial charge in [-0.3, -0.25) is 0 Å². The number of aromatic nitrogens is 4. The molecule has 0 spiro atoms. The molecule has 0 bridgehead atoms. The van der Waals surface area contributed by atoms with E-state index in [1.807, 2.05) is 30.6 Å². The predicted octanol–water partition coefficient (Wildman–Crippen LogP) is 4.67. The van der Waals surface area contributed by atoms with Gasteiger partial charge in [0.05, 0.1) is 17.7 Å². The van der Waals surface area contributed by atoms with E-state index in [9.17, 15) is 0 Å². The number of aromatic amines is 1. The van der Waals surface area contributed by atoms with Crippen molar-refractivity contribution in [3.8, 4) is 0 Å². The zero-order valence-corrected chi connectivity index (χ0v) is 16.5. The molecular weight excluding hydrogens is 387 g/mol. The molecule has 2 unspecified atom stereocenters. The Hall–Kier alpha value is -1.86. The van der Waals surface area contributed by atoms with E-state index < -0.39 is 5.79 Å². The number of hydrogen-bond donors (Lipinski definition) is 1. The molecule has 3 aromatic rings. The Labute approximate surface area is 168 Å². The maximum Gasteiger partial charge on any atom is 0.217 e. The first-order valence-corrected chi connectivity index (χ1v) is 9.56. The number of halogens is 2. The maximum absolute atomic E-state index is 6.37. The van der Waals surface area contributed by atoms with Crippen molar-refractivity contribution in [2.45, 2.75) is 38.2 Å². The van der Waals surface area contributed by atoms with Crippen molar-refractivity contribution in [3.05, 3.63) is 71.0 Å². The Morgan fingerprint density at radius 3 is 2.70 bits per heavy atom. The molecule has 1 aromatic carbocycles. The molecule has 2 atom stereocenters. The van der Waals surface area contributed by atoms with Crippen molar-refractivity contribution in [2.75, 3.05) is 6.61 Å². The van der Waals surface area contributed by atoms with Crippen LogP contribution in [0.3, 0.4) is 0 Å². The molecule has 1 fully saturated rings. The average molecular weight is 409 g/mol.